The van der Waals surface area contributed by atoms with Crippen LogP contribution in [0.15, 0.2) is 168 Å². The Morgan fingerprint density at radius 3 is 1.37 bits per heavy atom. The molecule has 0 unspecified atom stereocenters. The van der Waals surface area contributed by atoms with Crippen molar-refractivity contribution in [3.05, 3.63) is 189 Å². The van der Waals surface area contributed by atoms with Gasteiger partial charge in [-0.2, -0.15) is 10.2 Å². The number of benzene rings is 5. The third-order valence-electron chi connectivity index (χ3n) is 10.7. The van der Waals surface area contributed by atoms with Gasteiger partial charge in [-0.1, -0.05) is 96.1 Å². The summed E-state index contributed by atoms with van der Waals surface area (Å²) in [5.74, 6) is 0. The van der Waals surface area contributed by atoms with Gasteiger partial charge in [0.1, 0.15) is 0 Å². The van der Waals surface area contributed by atoms with Crippen molar-refractivity contribution in [2.24, 2.45) is 10.2 Å². The highest BCUT2D eigenvalue weighted by atomic mass is 32.1. The van der Waals surface area contributed by atoms with Crippen molar-refractivity contribution >= 4 is 98.4 Å². The van der Waals surface area contributed by atoms with Gasteiger partial charge in [-0.3, -0.25) is 10.9 Å². The number of aryl methyl sites for hydroxylation is 4. The fourth-order valence-corrected chi connectivity index (χ4v) is 11.8. The summed E-state index contributed by atoms with van der Waals surface area (Å²) in [5.41, 5.74) is 13.8. The van der Waals surface area contributed by atoms with E-state index in [0.717, 1.165) is 32.9 Å². The molecular formula is C52H40N4S4. The van der Waals surface area contributed by atoms with Gasteiger partial charge in [0, 0.05) is 71.0 Å². The molecule has 60 heavy (non-hydrogen) atoms. The minimum Gasteiger partial charge on any atom is -0.278 e. The largest absolute Gasteiger partial charge is 0.278 e. The van der Waals surface area contributed by atoms with Gasteiger partial charge in [0.15, 0.2) is 0 Å². The number of hydrogen-bond acceptors (Lipinski definition) is 8. The third-order valence-corrected chi connectivity index (χ3v) is 15.3. The average Bonchev–Trinajstić information content (AvgIpc) is 4.13. The second-order valence-electron chi connectivity index (χ2n) is 15.1. The highest BCUT2D eigenvalue weighted by Crippen LogP contribution is 2.43. The maximum Gasteiger partial charge on any atom is 0.0999 e. The van der Waals surface area contributed by atoms with Crippen LogP contribution in [0, 0.1) is 27.7 Å². The lowest BCUT2D eigenvalue weighted by Crippen LogP contribution is -2.05. The van der Waals surface area contributed by atoms with Crippen molar-refractivity contribution in [3.8, 4) is 30.6 Å². The molecule has 11 rings (SSSR count). The molecule has 11 aromatic rings. The Morgan fingerprint density at radius 2 is 0.833 bits per heavy atom. The van der Waals surface area contributed by atoms with Gasteiger partial charge in [-0.05, 0) is 112 Å². The van der Waals surface area contributed by atoms with Crippen molar-refractivity contribution in [1.82, 2.24) is 0 Å². The highest BCUT2D eigenvalue weighted by Gasteiger charge is 2.20. The monoisotopic (exact) mass is 848 g/mol. The molecule has 2 N–H and O–H groups in total. The zero-order chi connectivity index (χ0) is 40.7. The van der Waals surface area contributed by atoms with Crippen LogP contribution in [0.25, 0.3) is 72.4 Å². The molecule has 4 heterocycles. The van der Waals surface area contributed by atoms with E-state index in [0.29, 0.717) is 0 Å². The van der Waals surface area contributed by atoms with Crippen LogP contribution in [0.3, 0.4) is 0 Å². The predicted molar refractivity (Wildman–Crippen MR) is 263 cm³/mol. The molecule has 8 heteroatoms. The summed E-state index contributed by atoms with van der Waals surface area (Å²) in [6.45, 7) is 8.55. The Kier molecular flexibility index (Phi) is 10.2. The normalized spacial score (nSPS) is 12.2. The Labute approximate surface area is 364 Å². The van der Waals surface area contributed by atoms with Gasteiger partial charge in [0.2, 0.25) is 0 Å². The van der Waals surface area contributed by atoms with Gasteiger partial charge in [-0.25, -0.2) is 0 Å². The smallest absolute Gasteiger partial charge is 0.0999 e. The standard InChI is InChI=1S/C40H28N4S3.C12H12S/c1-23-13-15-25(16-14-23)34-17-18-35(46-34)36-22-33-38(44-42-27-11-7-4-8-12-27)29-20-30-28(21-31(29)40(33)47-36)37(32-19-24(2)45-39(30)32)43-41-26-9-5-3-6-10-26;1-9-3-6-11(7-4-9)12-8-5-10(2)13-12/h3-22,41-42H,1-2H3;3-8H,1-2H3/b43-37-,44-38-;. The lowest BCUT2D eigenvalue weighted by molar-refractivity contribution is 1.25. The second-order valence-corrected chi connectivity index (χ2v) is 19.8. The van der Waals surface area contributed by atoms with Gasteiger partial charge in [-0.15, -0.1) is 45.3 Å². The van der Waals surface area contributed by atoms with Crippen molar-refractivity contribution in [3.63, 3.8) is 0 Å². The zero-order valence-corrected chi connectivity index (χ0v) is 36.8. The molecule has 4 aromatic heterocycles. The van der Waals surface area contributed by atoms with Crippen LogP contribution in [0.5, 0.6) is 0 Å². The summed E-state index contributed by atoms with van der Waals surface area (Å²) in [7, 11) is 0. The summed E-state index contributed by atoms with van der Waals surface area (Å²) in [5, 5.41) is 19.1. The number of nitrogens with one attached hydrogen (secondary N) is 2. The number of hydrogen-bond donors (Lipinski definition) is 2. The van der Waals surface area contributed by atoms with E-state index < -0.39 is 0 Å². The molecule has 0 saturated carbocycles. The maximum atomic E-state index is 5.06. The van der Waals surface area contributed by atoms with Crippen molar-refractivity contribution in [2.45, 2.75) is 27.7 Å². The molecule has 0 aliphatic heterocycles. The molecule has 0 spiro atoms. The lowest BCUT2D eigenvalue weighted by atomic mass is 10.1. The summed E-state index contributed by atoms with van der Waals surface area (Å²) in [6, 6.07) is 55.9. The van der Waals surface area contributed by atoms with Crippen LogP contribution in [0.4, 0.5) is 11.4 Å². The Balaban J connectivity index is 0.000000284. The summed E-state index contributed by atoms with van der Waals surface area (Å²) >= 11 is 7.37. The molecular weight excluding hydrogens is 809 g/mol. The van der Waals surface area contributed by atoms with Crippen molar-refractivity contribution in [2.75, 3.05) is 10.9 Å². The number of nitrogens with zero attached hydrogens (tertiary/aromatic N) is 2. The number of anilines is 2. The molecule has 0 atom stereocenters. The first-order valence-electron chi connectivity index (χ1n) is 19.9. The first-order chi connectivity index (χ1) is 29.3. The molecule has 0 saturated heterocycles. The van der Waals surface area contributed by atoms with E-state index in [2.05, 4.69) is 136 Å². The lowest BCUT2D eigenvalue weighted by Gasteiger charge is -2.00. The van der Waals surface area contributed by atoms with E-state index in [9.17, 15) is 0 Å². The fraction of sp³-hybridized carbons (Fsp3) is 0.0769. The predicted octanol–water partition coefficient (Wildman–Crippen LogP) is 15.2. The van der Waals surface area contributed by atoms with E-state index in [1.54, 1.807) is 0 Å². The highest BCUT2D eigenvalue weighted by molar-refractivity contribution is 7.27. The summed E-state index contributed by atoms with van der Waals surface area (Å²) < 4.78 is 2.51. The second kappa shape index (κ2) is 16.1. The summed E-state index contributed by atoms with van der Waals surface area (Å²) in [6.07, 6.45) is 0. The van der Waals surface area contributed by atoms with E-state index in [4.69, 9.17) is 10.2 Å². The molecule has 0 radical (unpaired) electrons. The number of rotatable bonds is 7. The van der Waals surface area contributed by atoms with Gasteiger partial charge in [0.05, 0.1) is 22.1 Å². The summed E-state index contributed by atoms with van der Waals surface area (Å²) in [4.78, 5) is 7.81. The Morgan fingerprint density at radius 1 is 0.350 bits per heavy atom. The molecule has 7 aromatic carbocycles. The van der Waals surface area contributed by atoms with Gasteiger partial charge < -0.3 is 0 Å². The Hall–Kier alpha value is -6.16. The first-order valence-corrected chi connectivity index (χ1v) is 23.1. The zero-order valence-electron chi connectivity index (χ0n) is 33.5. The van der Waals surface area contributed by atoms with Crippen molar-refractivity contribution in [1.29, 1.82) is 0 Å². The SMILES string of the molecule is Cc1ccc(-c2ccc(-c3cc4/c(=N\Nc5ccccc5)c5cc6c(cc5c4s3)/c(=N/Nc3ccccc3)c3cc(C)sc36)s2)cc1.Cc1ccc(-c2ccc(C)s2)cc1. The van der Waals surface area contributed by atoms with Crippen LogP contribution in [-0.4, -0.2) is 0 Å². The number of thiophene rings is 4. The van der Waals surface area contributed by atoms with E-state index in [1.807, 2.05) is 106 Å². The average molecular weight is 849 g/mol. The topological polar surface area (TPSA) is 48.8 Å². The fourth-order valence-electron chi connectivity index (χ4n) is 7.59. The van der Waals surface area contributed by atoms with Crippen LogP contribution >= 0.6 is 45.3 Å². The van der Waals surface area contributed by atoms with Gasteiger partial charge in [0.25, 0.3) is 0 Å². The minimum absolute atomic E-state index is 0.963. The van der Waals surface area contributed by atoms with Crippen molar-refractivity contribution < 1.29 is 0 Å². The third kappa shape index (κ3) is 7.48. The van der Waals surface area contributed by atoms with Gasteiger partial charge >= 0.3 is 0 Å². The Bertz CT molecular complexity index is 3390. The molecule has 0 aliphatic carbocycles. The molecule has 0 amide bonds. The van der Waals surface area contributed by atoms with E-state index >= 15 is 0 Å². The quantitative estimate of drug-likeness (QED) is 0.157. The van der Waals surface area contributed by atoms with Crippen LogP contribution in [0.1, 0.15) is 20.9 Å². The molecule has 292 valence electrons. The molecule has 0 fully saturated rings. The van der Waals surface area contributed by atoms with Crippen LogP contribution < -0.4 is 21.6 Å². The van der Waals surface area contributed by atoms with E-state index in [1.165, 1.54) is 82.5 Å². The minimum atomic E-state index is 0.963. The molecule has 0 aliphatic rings. The van der Waals surface area contributed by atoms with E-state index in [-0.39, 0.29) is 0 Å². The first kappa shape index (κ1) is 38.1. The van der Waals surface area contributed by atoms with Crippen LogP contribution in [-0.2, 0) is 0 Å². The molecule has 0 bridgehead atoms. The molecule has 4 nitrogen and oxygen atoms in total. The number of fused-ring (bicyclic) bond motifs is 6. The van der Waals surface area contributed by atoms with Crippen LogP contribution in [0.2, 0.25) is 0 Å². The maximum absolute atomic E-state index is 5.06. The number of para-hydroxylation sites is 2.